The predicted octanol–water partition coefficient (Wildman–Crippen LogP) is 5.81. The molecule has 0 radical (unpaired) electrons. The second kappa shape index (κ2) is 13.9. The van der Waals surface area contributed by atoms with Gasteiger partial charge in [0.25, 0.3) is 5.91 Å². The number of hydrogen-bond acceptors (Lipinski definition) is 8. The van der Waals surface area contributed by atoms with Crippen molar-refractivity contribution in [3.05, 3.63) is 70.4 Å². The Labute approximate surface area is 263 Å². The van der Waals surface area contributed by atoms with Crippen LogP contribution in [0, 0.1) is 5.41 Å². The fourth-order valence-corrected chi connectivity index (χ4v) is 5.50. The maximum atomic E-state index is 12.8. The van der Waals surface area contributed by atoms with E-state index in [2.05, 4.69) is 35.6 Å². The van der Waals surface area contributed by atoms with Crippen LogP contribution >= 0.6 is 11.6 Å². The molecule has 2 aliphatic heterocycles. The average molecular weight is 619 g/mol. The van der Waals surface area contributed by atoms with Gasteiger partial charge in [-0.25, -0.2) is 0 Å². The normalized spacial score (nSPS) is 15.6. The van der Waals surface area contributed by atoms with Crippen LogP contribution in [0.5, 0.6) is 17.2 Å². The molecule has 2 N–H and O–H groups in total. The van der Waals surface area contributed by atoms with E-state index in [9.17, 15) is 9.59 Å². The Hall–Kier alpha value is -3.79. The van der Waals surface area contributed by atoms with Gasteiger partial charge in [0.1, 0.15) is 23.0 Å². The summed E-state index contributed by atoms with van der Waals surface area (Å²) >= 11 is 6.59. The van der Waals surface area contributed by atoms with E-state index < -0.39 is 5.91 Å². The predicted molar refractivity (Wildman–Crippen MR) is 172 cm³/mol. The molecule has 10 heteroatoms. The summed E-state index contributed by atoms with van der Waals surface area (Å²) in [7, 11) is 0. The van der Waals surface area contributed by atoms with Crippen LogP contribution in [0.15, 0.2) is 59.2 Å². The summed E-state index contributed by atoms with van der Waals surface area (Å²) < 4.78 is 17.6. The first-order chi connectivity index (χ1) is 21.1. The molecule has 1 amide bonds. The number of fused-ring (bicyclic) bond motifs is 1. The van der Waals surface area contributed by atoms with Gasteiger partial charge in [-0.15, -0.1) is 0 Å². The third-order valence-corrected chi connectivity index (χ3v) is 8.03. The first kappa shape index (κ1) is 31.6. The van der Waals surface area contributed by atoms with Crippen molar-refractivity contribution >= 4 is 39.9 Å². The number of carbonyl (C=O) groups is 2. The van der Waals surface area contributed by atoms with Crippen molar-refractivity contribution in [3.8, 4) is 17.2 Å². The van der Waals surface area contributed by atoms with Crippen LogP contribution in [0.3, 0.4) is 0 Å². The Balaban J connectivity index is 1.24. The molecule has 1 fully saturated rings. The number of nitrogens with zero attached hydrogens (tertiary/aromatic N) is 3. The molecule has 0 unspecified atom stereocenters. The lowest BCUT2D eigenvalue weighted by Crippen LogP contribution is -2.37. The van der Waals surface area contributed by atoms with Gasteiger partial charge in [-0.2, -0.15) is 0 Å². The van der Waals surface area contributed by atoms with Crippen LogP contribution < -0.4 is 15.2 Å². The van der Waals surface area contributed by atoms with Gasteiger partial charge in [0.05, 0.1) is 37.4 Å². The number of pyridine rings is 1. The van der Waals surface area contributed by atoms with Crippen molar-refractivity contribution in [2.45, 2.75) is 40.0 Å². The first-order valence-electron chi connectivity index (χ1n) is 14.9. The minimum Gasteiger partial charge on any atom is -0.493 e. The zero-order chi connectivity index (χ0) is 31.3. The molecule has 2 aliphatic rings. The lowest BCUT2D eigenvalue weighted by Gasteiger charge is -2.26. The van der Waals surface area contributed by atoms with Crippen molar-refractivity contribution in [2.75, 3.05) is 46.0 Å². The van der Waals surface area contributed by atoms with Gasteiger partial charge in [-0.1, -0.05) is 38.4 Å². The third-order valence-electron chi connectivity index (χ3n) is 7.67. The largest absolute Gasteiger partial charge is 0.493 e. The second-order valence-electron chi connectivity index (χ2n) is 12.2. The van der Waals surface area contributed by atoms with Crippen LogP contribution in [-0.4, -0.2) is 73.3 Å². The van der Waals surface area contributed by atoms with Gasteiger partial charge in [0.2, 0.25) is 0 Å². The van der Waals surface area contributed by atoms with Crippen molar-refractivity contribution < 1.29 is 23.8 Å². The van der Waals surface area contributed by atoms with Gasteiger partial charge < -0.3 is 19.9 Å². The summed E-state index contributed by atoms with van der Waals surface area (Å²) in [6.45, 7) is 11.6. The minimum atomic E-state index is -0.600. The molecule has 1 saturated heterocycles. The van der Waals surface area contributed by atoms with Crippen molar-refractivity contribution in [1.82, 2.24) is 9.88 Å². The number of benzene rings is 2. The number of aromatic nitrogens is 1. The highest BCUT2D eigenvalue weighted by molar-refractivity contribution is 6.31. The van der Waals surface area contributed by atoms with Gasteiger partial charge in [-0.3, -0.25) is 24.5 Å². The number of ether oxygens (including phenoxy) is 3. The summed E-state index contributed by atoms with van der Waals surface area (Å²) in [5.74, 6) is 0.846. The Kier molecular flexibility index (Phi) is 9.98. The van der Waals surface area contributed by atoms with Crippen molar-refractivity contribution in [3.63, 3.8) is 0 Å². The molecule has 0 bridgehead atoms. The molecule has 0 spiro atoms. The maximum Gasteiger partial charge on any atom is 0.252 e. The molecule has 44 heavy (non-hydrogen) atoms. The van der Waals surface area contributed by atoms with Crippen molar-refractivity contribution in [1.29, 1.82) is 0 Å². The van der Waals surface area contributed by atoms with Gasteiger partial charge in [0, 0.05) is 66.3 Å². The lowest BCUT2D eigenvalue weighted by atomic mass is 9.89. The number of amides is 1. The van der Waals surface area contributed by atoms with E-state index in [4.69, 9.17) is 31.5 Å². The molecule has 232 valence electrons. The first-order valence-corrected chi connectivity index (χ1v) is 15.3. The molecule has 2 aromatic carbocycles. The lowest BCUT2D eigenvalue weighted by molar-refractivity contribution is -0.117. The Bertz CT molecular complexity index is 1610. The number of nitrogens with two attached hydrogens (primary N) is 1. The van der Waals surface area contributed by atoms with Crippen LogP contribution in [0.1, 0.15) is 49.5 Å². The monoisotopic (exact) mass is 618 g/mol. The molecular formula is C34H39ClN4O5. The number of halogens is 1. The Morgan fingerprint density at radius 1 is 1.07 bits per heavy atom. The number of aliphatic imine (C=N–C) groups is 1. The number of Topliss-reactive ketones (excluding diaryl/α,β-unsaturated/α-hetero) is 1. The van der Waals surface area contributed by atoms with Crippen LogP contribution in [0.4, 0.5) is 0 Å². The number of carbonyl (C=O) groups excluding carboxylic acids is 2. The number of primary amides is 1. The highest BCUT2D eigenvalue weighted by atomic mass is 35.5. The smallest absolute Gasteiger partial charge is 0.252 e. The van der Waals surface area contributed by atoms with E-state index in [0.717, 1.165) is 56.1 Å². The van der Waals surface area contributed by atoms with E-state index in [-0.39, 0.29) is 23.2 Å². The summed E-state index contributed by atoms with van der Waals surface area (Å²) in [6, 6.07) is 10.3. The van der Waals surface area contributed by atoms with Crippen LogP contribution in [-0.2, 0) is 16.0 Å². The number of morpholine rings is 1. The maximum absolute atomic E-state index is 12.8. The van der Waals surface area contributed by atoms with E-state index in [1.807, 2.05) is 6.08 Å². The topological polar surface area (TPSA) is 116 Å². The van der Waals surface area contributed by atoms with E-state index in [0.29, 0.717) is 52.7 Å². The summed E-state index contributed by atoms with van der Waals surface area (Å²) in [4.78, 5) is 36.6. The average Bonchev–Trinajstić information content (AvgIpc) is 3.46. The number of hydrogen-bond donors (Lipinski definition) is 1. The molecule has 0 saturated carbocycles. The standard InChI is InChI=1S/C34H39ClN4O5/c1-34(2,3)32-16-22(21-38-32)15-24(40)17-23-5-6-25(18-28(23)35)44-30-7-8-37-29-20-31(27(33(36)41)19-26(29)30)43-12-4-9-39-10-13-42-14-11-39/h5-8,16,18-20H,4,9-15,17,21H2,1-3H3,(H2,36,41). The van der Waals surface area contributed by atoms with E-state index >= 15 is 0 Å². The van der Waals surface area contributed by atoms with Crippen molar-refractivity contribution in [2.24, 2.45) is 16.1 Å². The fraction of sp³-hybridized carbons (Fsp3) is 0.412. The number of rotatable bonds is 12. The zero-order valence-electron chi connectivity index (χ0n) is 25.5. The number of allylic oxidation sites excluding steroid dienone is 1. The molecule has 3 heterocycles. The Morgan fingerprint density at radius 2 is 1.86 bits per heavy atom. The SMILES string of the molecule is CC(C)(C)C1=NCC(CC(=O)Cc2ccc(Oc3ccnc4cc(OCCCN5CCOCC5)c(C(N)=O)cc34)cc2Cl)=C1. The summed E-state index contributed by atoms with van der Waals surface area (Å²) in [6.07, 6.45) is 5.05. The van der Waals surface area contributed by atoms with E-state index in [1.165, 1.54) is 0 Å². The molecule has 0 atom stereocenters. The quantitative estimate of drug-likeness (QED) is 0.255. The molecule has 5 rings (SSSR count). The fourth-order valence-electron chi connectivity index (χ4n) is 5.27. The van der Waals surface area contributed by atoms with Crippen LogP contribution in [0.25, 0.3) is 10.9 Å². The molecule has 1 aromatic heterocycles. The highest BCUT2D eigenvalue weighted by Crippen LogP contribution is 2.35. The molecule has 9 nitrogen and oxygen atoms in total. The second-order valence-corrected chi connectivity index (χ2v) is 12.6. The van der Waals surface area contributed by atoms with Gasteiger partial charge in [0.15, 0.2) is 0 Å². The molecule has 3 aromatic rings. The number of ketones is 1. The highest BCUT2D eigenvalue weighted by Gasteiger charge is 2.22. The Morgan fingerprint density at radius 3 is 2.57 bits per heavy atom. The summed E-state index contributed by atoms with van der Waals surface area (Å²) in [5, 5.41) is 1.05. The van der Waals surface area contributed by atoms with Crippen LogP contribution in [0.2, 0.25) is 5.02 Å². The summed E-state index contributed by atoms with van der Waals surface area (Å²) in [5.41, 5.74) is 9.32. The van der Waals surface area contributed by atoms with E-state index in [1.54, 1.807) is 42.6 Å². The molecular weight excluding hydrogens is 580 g/mol. The minimum absolute atomic E-state index is 0.0370. The molecule has 0 aliphatic carbocycles. The third kappa shape index (κ3) is 8.02. The van der Waals surface area contributed by atoms with Gasteiger partial charge in [-0.05, 0) is 47.9 Å². The van der Waals surface area contributed by atoms with Gasteiger partial charge >= 0.3 is 0 Å². The zero-order valence-corrected chi connectivity index (χ0v) is 26.3.